The summed E-state index contributed by atoms with van der Waals surface area (Å²) in [5.74, 6) is 2.69. The Morgan fingerprint density at radius 2 is 2.00 bits per heavy atom. The number of benzene rings is 2. The van der Waals surface area contributed by atoms with E-state index in [4.69, 9.17) is 16.3 Å². The third kappa shape index (κ3) is 3.72. The lowest BCUT2D eigenvalue weighted by atomic mass is 9.64. The van der Waals surface area contributed by atoms with Crippen molar-refractivity contribution in [2.75, 3.05) is 26.2 Å². The van der Waals surface area contributed by atoms with Crippen molar-refractivity contribution in [2.24, 2.45) is 11.8 Å². The Morgan fingerprint density at radius 3 is 2.86 bits per heavy atom. The van der Waals surface area contributed by atoms with Crippen LogP contribution in [0.25, 0.3) is 10.9 Å². The first-order chi connectivity index (χ1) is 14.2. The van der Waals surface area contributed by atoms with Gasteiger partial charge in [-0.2, -0.15) is 0 Å². The number of rotatable bonds is 5. The summed E-state index contributed by atoms with van der Waals surface area (Å²) in [6.45, 7) is 3.65. The molecule has 1 amide bonds. The van der Waals surface area contributed by atoms with Gasteiger partial charge in [0.05, 0.1) is 0 Å². The van der Waals surface area contributed by atoms with Gasteiger partial charge in [0, 0.05) is 48.3 Å². The van der Waals surface area contributed by atoms with E-state index >= 15 is 0 Å². The first-order valence-corrected chi connectivity index (χ1v) is 10.5. The maximum absolute atomic E-state index is 12.2. The molecule has 2 fully saturated rings. The van der Waals surface area contributed by atoms with Crippen LogP contribution in [0.5, 0.6) is 5.75 Å². The van der Waals surface area contributed by atoms with Gasteiger partial charge in [0.2, 0.25) is 0 Å². The smallest absolute Gasteiger partial charge is 0.408 e. The van der Waals surface area contributed by atoms with E-state index in [1.807, 2.05) is 36.4 Å². The number of para-hydroxylation sites is 1. The minimum atomic E-state index is -0.407. The summed E-state index contributed by atoms with van der Waals surface area (Å²) in [7, 11) is 0. The molecule has 2 aromatic carbocycles. The van der Waals surface area contributed by atoms with Gasteiger partial charge in [-0.1, -0.05) is 35.9 Å². The summed E-state index contributed by atoms with van der Waals surface area (Å²) < 4.78 is 5.46. The molecular formula is C23H24ClN3O2. The average Bonchev–Trinajstić information content (AvgIpc) is 3.26. The van der Waals surface area contributed by atoms with Crippen LogP contribution in [0.2, 0.25) is 5.02 Å². The van der Waals surface area contributed by atoms with E-state index in [9.17, 15) is 4.79 Å². The number of ether oxygens (including phenoxy) is 1. The number of carbonyl (C=O) groups excluding carboxylic acids is 1. The molecule has 2 N–H and O–H groups in total. The van der Waals surface area contributed by atoms with Gasteiger partial charge in [-0.15, -0.1) is 0 Å². The molecule has 1 aliphatic carbocycles. The number of hydrogen-bond donors (Lipinski definition) is 2. The molecule has 0 radical (unpaired) electrons. The maximum Gasteiger partial charge on any atom is 0.412 e. The van der Waals surface area contributed by atoms with Gasteiger partial charge in [-0.25, -0.2) is 4.79 Å². The van der Waals surface area contributed by atoms with Crippen molar-refractivity contribution in [3.63, 3.8) is 0 Å². The molecule has 1 saturated heterocycles. The number of likely N-dealkylation sites (tertiary alicyclic amines) is 1. The summed E-state index contributed by atoms with van der Waals surface area (Å²) in [5.41, 5.74) is 2.36. The molecule has 5 nitrogen and oxygen atoms in total. The predicted molar refractivity (Wildman–Crippen MR) is 115 cm³/mol. The number of nitrogens with zero attached hydrogens (tertiary/aromatic N) is 1. The highest BCUT2D eigenvalue weighted by atomic mass is 35.5. The lowest BCUT2D eigenvalue weighted by molar-refractivity contribution is 0.191. The summed E-state index contributed by atoms with van der Waals surface area (Å²) >= 11 is 6.01. The molecule has 3 atom stereocenters. The number of H-pyrrole nitrogens is 1. The van der Waals surface area contributed by atoms with Crippen molar-refractivity contribution in [2.45, 2.75) is 12.3 Å². The van der Waals surface area contributed by atoms with Gasteiger partial charge in [-0.05, 0) is 54.0 Å². The number of nitrogens with one attached hydrogen (secondary N) is 2. The highest BCUT2D eigenvalue weighted by Gasteiger charge is 2.47. The normalized spacial score (nSPS) is 23.6. The predicted octanol–water partition coefficient (Wildman–Crippen LogP) is 4.65. The zero-order chi connectivity index (χ0) is 19.8. The van der Waals surface area contributed by atoms with Crippen molar-refractivity contribution in [1.29, 1.82) is 0 Å². The lowest BCUT2D eigenvalue weighted by Crippen LogP contribution is -2.35. The van der Waals surface area contributed by atoms with E-state index in [0.717, 1.165) is 41.5 Å². The van der Waals surface area contributed by atoms with E-state index in [0.29, 0.717) is 24.1 Å². The Balaban J connectivity index is 1.09. The number of halogens is 1. The topological polar surface area (TPSA) is 57.4 Å². The van der Waals surface area contributed by atoms with Crippen LogP contribution in [-0.4, -0.2) is 42.2 Å². The van der Waals surface area contributed by atoms with Crippen LogP contribution >= 0.6 is 11.6 Å². The number of carbonyl (C=O) groups is 1. The zero-order valence-corrected chi connectivity index (χ0v) is 16.9. The first-order valence-electron chi connectivity index (χ1n) is 10.2. The molecule has 5 rings (SSSR count). The van der Waals surface area contributed by atoms with Gasteiger partial charge < -0.3 is 19.9 Å². The van der Waals surface area contributed by atoms with Gasteiger partial charge in [0.15, 0.2) is 5.75 Å². The van der Waals surface area contributed by atoms with Crippen LogP contribution in [0.3, 0.4) is 0 Å². The second-order valence-corrected chi connectivity index (χ2v) is 8.53. The number of aromatic amines is 1. The molecule has 2 heterocycles. The Labute approximate surface area is 175 Å². The molecular weight excluding hydrogens is 386 g/mol. The second-order valence-electron chi connectivity index (χ2n) is 8.09. The molecule has 0 spiro atoms. The summed E-state index contributed by atoms with van der Waals surface area (Å²) in [6, 6.07) is 16.1. The fourth-order valence-electron chi connectivity index (χ4n) is 4.86. The van der Waals surface area contributed by atoms with E-state index in [1.54, 1.807) is 6.20 Å². The molecule has 2 aliphatic rings. The number of fused-ring (bicyclic) bond motifs is 2. The molecule has 1 aromatic heterocycles. The van der Waals surface area contributed by atoms with Gasteiger partial charge in [0.25, 0.3) is 0 Å². The summed E-state index contributed by atoms with van der Waals surface area (Å²) in [4.78, 5) is 17.7. The van der Waals surface area contributed by atoms with E-state index < -0.39 is 6.09 Å². The van der Waals surface area contributed by atoms with Crippen molar-refractivity contribution in [3.05, 3.63) is 65.3 Å². The molecule has 1 saturated carbocycles. The third-order valence-corrected chi connectivity index (χ3v) is 6.64. The second kappa shape index (κ2) is 7.73. The number of amides is 1. The average molecular weight is 410 g/mol. The van der Waals surface area contributed by atoms with Crippen molar-refractivity contribution >= 4 is 28.6 Å². The minimum Gasteiger partial charge on any atom is -0.408 e. The molecule has 3 aromatic rings. The Hall–Kier alpha value is -2.50. The SMILES string of the molecule is O=C(NCCN1CC2CC(c3ccc(Cl)cc3)C2C1)Oc1c[nH]c2ccccc12. The minimum absolute atomic E-state index is 0.407. The first kappa shape index (κ1) is 18.5. The van der Waals surface area contributed by atoms with Crippen LogP contribution in [0, 0.1) is 11.8 Å². The van der Waals surface area contributed by atoms with E-state index in [-0.39, 0.29) is 0 Å². The van der Waals surface area contributed by atoms with Crippen LogP contribution < -0.4 is 10.1 Å². The van der Waals surface area contributed by atoms with Gasteiger partial charge >= 0.3 is 6.09 Å². The van der Waals surface area contributed by atoms with Crippen LogP contribution in [-0.2, 0) is 0 Å². The Kier molecular flexibility index (Phi) is 4.94. The summed E-state index contributed by atoms with van der Waals surface area (Å²) in [5, 5.41) is 4.58. The Morgan fingerprint density at radius 1 is 1.17 bits per heavy atom. The van der Waals surface area contributed by atoms with Crippen LogP contribution in [0.15, 0.2) is 54.7 Å². The molecule has 150 valence electrons. The van der Waals surface area contributed by atoms with Gasteiger partial charge in [-0.3, -0.25) is 0 Å². The highest BCUT2D eigenvalue weighted by molar-refractivity contribution is 6.30. The highest BCUT2D eigenvalue weighted by Crippen LogP contribution is 2.51. The molecule has 29 heavy (non-hydrogen) atoms. The van der Waals surface area contributed by atoms with E-state index in [1.165, 1.54) is 12.0 Å². The standard InChI is InChI=1S/C23H24ClN3O2/c24-17-7-5-15(6-8-17)19-11-16-13-27(14-20(16)19)10-9-25-23(28)29-22-12-26-21-4-2-1-3-18(21)22/h1-8,12,16,19-20,26H,9-11,13-14H2,(H,25,28). The monoisotopic (exact) mass is 409 g/mol. The molecule has 0 bridgehead atoms. The molecule has 3 unspecified atom stereocenters. The maximum atomic E-state index is 12.2. The fourth-order valence-corrected chi connectivity index (χ4v) is 4.98. The number of aromatic nitrogens is 1. The molecule has 1 aliphatic heterocycles. The zero-order valence-electron chi connectivity index (χ0n) is 16.1. The van der Waals surface area contributed by atoms with Gasteiger partial charge in [0.1, 0.15) is 0 Å². The lowest BCUT2D eigenvalue weighted by Gasteiger charge is -2.40. The third-order valence-electron chi connectivity index (χ3n) is 6.39. The van der Waals surface area contributed by atoms with Crippen molar-refractivity contribution in [1.82, 2.24) is 15.2 Å². The molecule has 6 heteroatoms. The van der Waals surface area contributed by atoms with E-state index in [2.05, 4.69) is 27.3 Å². The van der Waals surface area contributed by atoms with Crippen molar-refractivity contribution < 1.29 is 9.53 Å². The quantitative estimate of drug-likeness (QED) is 0.645. The van der Waals surface area contributed by atoms with Crippen molar-refractivity contribution in [3.8, 4) is 5.75 Å². The number of hydrogen-bond acceptors (Lipinski definition) is 3. The Bertz CT molecular complexity index is 1020. The van der Waals surface area contributed by atoms with Crippen LogP contribution in [0.1, 0.15) is 17.9 Å². The fraction of sp³-hybridized carbons (Fsp3) is 0.348. The summed E-state index contributed by atoms with van der Waals surface area (Å²) in [6.07, 6.45) is 2.56. The largest absolute Gasteiger partial charge is 0.412 e. The van der Waals surface area contributed by atoms with Crippen LogP contribution in [0.4, 0.5) is 4.79 Å².